The average Bonchev–Trinajstić information content (AvgIpc) is 2.57. The molecule has 1 aliphatic carbocycles. The van der Waals surface area contributed by atoms with E-state index in [-0.39, 0.29) is 5.60 Å². The van der Waals surface area contributed by atoms with Crippen LogP contribution in [0.1, 0.15) is 44.9 Å². The fourth-order valence-corrected chi connectivity index (χ4v) is 2.83. The molecule has 1 saturated heterocycles. The summed E-state index contributed by atoms with van der Waals surface area (Å²) in [5, 5.41) is 10.5. The fraction of sp³-hybridized carbons (Fsp3) is 1.00. The standard InChI is InChI=1S/C11H20O2/c12-11(10-4-1-2-5-10)6-3-8-13-9-7-11/h10,12H,1-9H2. The predicted octanol–water partition coefficient (Wildman–Crippen LogP) is 2.11. The fourth-order valence-electron chi connectivity index (χ4n) is 2.83. The first-order valence-electron chi connectivity index (χ1n) is 5.61. The van der Waals surface area contributed by atoms with Gasteiger partial charge in [-0.25, -0.2) is 0 Å². The van der Waals surface area contributed by atoms with Crippen LogP contribution in [-0.2, 0) is 4.74 Å². The van der Waals surface area contributed by atoms with Gasteiger partial charge in [0.2, 0.25) is 0 Å². The molecule has 2 nitrogen and oxygen atoms in total. The van der Waals surface area contributed by atoms with Gasteiger partial charge in [-0.3, -0.25) is 0 Å². The molecule has 1 heterocycles. The van der Waals surface area contributed by atoms with Gasteiger partial charge in [0.15, 0.2) is 0 Å². The molecule has 1 unspecified atom stereocenters. The number of ether oxygens (including phenoxy) is 1. The summed E-state index contributed by atoms with van der Waals surface area (Å²) in [6, 6.07) is 0. The molecular weight excluding hydrogens is 164 g/mol. The highest BCUT2D eigenvalue weighted by Gasteiger charge is 2.38. The Morgan fingerprint density at radius 1 is 1.00 bits per heavy atom. The van der Waals surface area contributed by atoms with Crippen LogP contribution < -0.4 is 0 Å². The topological polar surface area (TPSA) is 29.5 Å². The van der Waals surface area contributed by atoms with Crippen molar-refractivity contribution in [2.75, 3.05) is 13.2 Å². The monoisotopic (exact) mass is 184 g/mol. The lowest BCUT2D eigenvalue weighted by molar-refractivity contribution is -0.0330. The summed E-state index contributed by atoms with van der Waals surface area (Å²) in [7, 11) is 0. The molecule has 2 rings (SSSR count). The van der Waals surface area contributed by atoms with Crippen LogP contribution in [0, 0.1) is 5.92 Å². The highest BCUT2D eigenvalue weighted by molar-refractivity contribution is 4.89. The lowest BCUT2D eigenvalue weighted by Crippen LogP contribution is -2.36. The van der Waals surface area contributed by atoms with Crippen molar-refractivity contribution in [3.63, 3.8) is 0 Å². The van der Waals surface area contributed by atoms with E-state index < -0.39 is 0 Å². The maximum absolute atomic E-state index is 10.5. The first kappa shape index (κ1) is 9.47. The summed E-state index contributed by atoms with van der Waals surface area (Å²) in [6.45, 7) is 1.60. The SMILES string of the molecule is OC1(C2CCCC2)CCCOCC1. The summed E-state index contributed by atoms with van der Waals surface area (Å²) in [6.07, 6.45) is 7.94. The maximum Gasteiger partial charge on any atom is 0.0698 e. The molecule has 0 aromatic heterocycles. The zero-order valence-corrected chi connectivity index (χ0v) is 8.30. The molecule has 0 bridgehead atoms. The van der Waals surface area contributed by atoms with Gasteiger partial charge in [0.05, 0.1) is 5.60 Å². The highest BCUT2D eigenvalue weighted by Crippen LogP contribution is 2.39. The number of hydrogen-bond acceptors (Lipinski definition) is 2. The van der Waals surface area contributed by atoms with E-state index in [4.69, 9.17) is 4.74 Å². The van der Waals surface area contributed by atoms with Crippen LogP contribution in [0.15, 0.2) is 0 Å². The number of hydrogen-bond donors (Lipinski definition) is 1. The molecule has 0 aromatic rings. The van der Waals surface area contributed by atoms with Crippen molar-refractivity contribution in [2.45, 2.75) is 50.5 Å². The van der Waals surface area contributed by atoms with Gasteiger partial charge in [-0.15, -0.1) is 0 Å². The zero-order chi connectivity index (χ0) is 9.15. The normalized spacial score (nSPS) is 37.6. The van der Waals surface area contributed by atoms with E-state index in [0.717, 1.165) is 32.5 Å². The van der Waals surface area contributed by atoms with Crippen molar-refractivity contribution < 1.29 is 9.84 Å². The van der Waals surface area contributed by atoms with E-state index in [1.54, 1.807) is 0 Å². The Hall–Kier alpha value is -0.0800. The number of aliphatic hydroxyl groups is 1. The van der Waals surface area contributed by atoms with E-state index in [1.165, 1.54) is 25.7 Å². The Kier molecular flexibility index (Phi) is 2.89. The van der Waals surface area contributed by atoms with Crippen LogP contribution >= 0.6 is 0 Å². The van der Waals surface area contributed by atoms with Crippen LogP contribution in [0.5, 0.6) is 0 Å². The molecule has 0 radical (unpaired) electrons. The van der Waals surface area contributed by atoms with Crippen LogP contribution in [0.2, 0.25) is 0 Å². The summed E-state index contributed by atoms with van der Waals surface area (Å²) in [5.74, 6) is 0.564. The minimum atomic E-state index is -0.382. The third-order valence-corrected chi connectivity index (χ3v) is 3.69. The second-order valence-corrected chi connectivity index (χ2v) is 4.55. The smallest absolute Gasteiger partial charge is 0.0698 e. The average molecular weight is 184 g/mol. The molecule has 76 valence electrons. The Labute approximate surface area is 80.3 Å². The van der Waals surface area contributed by atoms with Crippen LogP contribution in [-0.4, -0.2) is 23.9 Å². The van der Waals surface area contributed by atoms with Crippen LogP contribution in [0.4, 0.5) is 0 Å². The summed E-state index contributed by atoms with van der Waals surface area (Å²) >= 11 is 0. The predicted molar refractivity (Wildman–Crippen MR) is 51.6 cm³/mol. The molecule has 13 heavy (non-hydrogen) atoms. The van der Waals surface area contributed by atoms with E-state index in [9.17, 15) is 5.11 Å². The quantitative estimate of drug-likeness (QED) is 0.676. The maximum atomic E-state index is 10.5. The first-order chi connectivity index (χ1) is 6.31. The second kappa shape index (κ2) is 3.97. The van der Waals surface area contributed by atoms with Crippen molar-refractivity contribution in [2.24, 2.45) is 5.92 Å². The molecule has 1 aliphatic heterocycles. The molecule has 2 aliphatic rings. The second-order valence-electron chi connectivity index (χ2n) is 4.55. The Bertz CT molecular complexity index is 153. The van der Waals surface area contributed by atoms with E-state index >= 15 is 0 Å². The van der Waals surface area contributed by atoms with Crippen molar-refractivity contribution in [3.8, 4) is 0 Å². The first-order valence-corrected chi connectivity index (χ1v) is 5.61. The van der Waals surface area contributed by atoms with Gasteiger partial charge >= 0.3 is 0 Å². The molecule has 2 heteroatoms. The van der Waals surface area contributed by atoms with E-state index in [2.05, 4.69) is 0 Å². The van der Waals surface area contributed by atoms with Crippen LogP contribution in [0.25, 0.3) is 0 Å². The lowest BCUT2D eigenvalue weighted by Gasteiger charge is -2.32. The van der Waals surface area contributed by atoms with E-state index in [0.29, 0.717) is 5.92 Å². The molecular formula is C11H20O2. The van der Waals surface area contributed by atoms with Gasteiger partial charge in [0, 0.05) is 13.2 Å². The largest absolute Gasteiger partial charge is 0.390 e. The lowest BCUT2D eigenvalue weighted by atomic mass is 9.80. The molecule has 0 amide bonds. The van der Waals surface area contributed by atoms with Gasteiger partial charge in [-0.05, 0) is 38.0 Å². The third kappa shape index (κ3) is 2.05. The zero-order valence-electron chi connectivity index (χ0n) is 8.30. The molecule has 2 fully saturated rings. The van der Waals surface area contributed by atoms with Crippen molar-refractivity contribution in [1.29, 1.82) is 0 Å². The van der Waals surface area contributed by atoms with E-state index in [1.807, 2.05) is 0 Å². The summed E-state index contributed by atoms with van der Waals surface area (Å²) in [5.41, 5.74) is -0.382. The van der Waals surface area contributed by atoms with Gasteiger partial charge in [0.1, 0.15) is 0 Å². The van der Waals surface area contributed by atoms with Gasteiger partial charge < -0.3 is 9.84 Å². The van der Waals surface area contributed by atoms with Crippen molar-refractivity contribution in [1.82, 2.24) is 0 Å². The van der Waals surface area contributed by atoms with Crippen molar-refractivity contribution in [3.05, 3.63) is 0 Å². The Morgan fingerprint density at radius 3 is 2.54 bits per heavy atom. The third-order valence-electron chi connectivity index (χ3n) is 3.69. The molecule has 1 saturated carbocycles. The summed E-state index contributed by atoms with van der Waals surface area (Å²) < 4.78 is 5.39. The van der Waals surface area contributed by atoms with Gasteiger partial charge in [-0.1, -0.05) is 12.8 Å². The number of rotatable bonds is 1. The minimum absolute atomic E-state index is 0.382. The molecule has 0 aromatic carbocycles. The Morgan fingerprint density at radius 2 is 1.77 bits per heavy atom. The van der Waals surface area contributed by atoms with Crippen LogP contribution in [0.3, 0.4) is 0 Å². The highest BCUT2D eigenvalue weighted by atomic mass is 16.5. The minimum Gasteiger partial charge on any atom is -0.390 e. The summed E-state index contributed by atoms with van der Waals surface area (Å²) in [4.78, 5) is 0. The Balaban J connectivity index is 1.98. The molecule has 0 spiro atoms. The van der Waals surface area contributed by atoms with Gasteiger partial charge in [0.25, 0.3) is 0 Å². The molecule has 1 atom stereocenters. The van der Waals surface area contributed by atoms with Gasteiger partial charge in [-0.2, -0.15) is 0 Å². The van der Waals surface area contributed by atoms with Crippen molar-refractivity contribution >= 4 is 0 Å². The molecule has 1 N–H and O–H groups in total.